The van der Waals surface area contributed by atoms with Gasteiger partial charge in [0.05, 0.1) is 5.56 Å². The Bertz CT molecular complexity index is 656. The molecule has 0 aliphatic carbocycles. The van der Waals surface area contributed by atoms with Crippen LogP contribution in [0.4, 0.5) is 11.4 Å². The molecule has 0 bridgehead atoms. The van der Waals surface area contributed by atoms with Gasteiger partial charge in [0.15, 0.2) is 6.61 Å². The first-order chi connectivity index (χ1) is 10.0. The van der Waals surface area contributed by atoms with Gasteiger partial charge in [-0.3, -0.25) is 4.79 Å². The number of nitrogens with two attached hydrogens (primary N) is 1. The van der Waals surface area contributed by atoms with E-state index in [1.165, 1.54) is 6.07 Å². The van der Waals surface area contributed by atoms with Crippen LogP contribution in [0.1, 0.15) is 10.4 Å². The molecule has 1 amide bonds. The summed E-state index contributed by atoms with van der Waals surface area (Å²) in [5.41, 5.74) is 6.90. The number of nitrogens with one attached hydrogen (secondary N) is 1. The Morgan fingerprint density at radius 1 is 1.14 bits per heavy atom. The van der Waals surface area contributed by atoms with Crippen LogP contribution in [0.3, 0.4) is 0 Å². The van der Waals surface area contributed by atoms with E-state index in [1.54, 1.807) is 42.5 Å². The first kappa shape index (κ1) is 14.9. The predicted molar refractivity (Wildman–Crippen MR) is 81.2 cm³/mol. The fraction of sp³-hybridized carbons (Fsp3) is 0.0667. The third kappa shape index (κ3) is 4.50. The van der Waals surface area contributed by atoms with Crippen LogP contribution < -0.4 is 11.1 Å². The lowest BCUT2D eigenvalue weighted by Gasteiger charge is -2.07. The molecule has 0 aromatic heterocycles. The van der Waals surface area contributed by atoms with Crippen LogP contribution in [0, 0.1) is 0 Å². The Kier molecular flexibility index (Phi) is 4.79. The number of nitrogen functional groups attached to an aromatic ring is 1. The van der Waals surface area contributed by atoms with E-state index in [1.807, 2.05) is 0 Å². The third-order valence-corrected chi connectivity index (χ3v) is 2.84. The summed E-state index contributed by atoms with van der Waals surface area (Å²) in [6.45, 7) is -0.379. The normalized spacial score (nSPS) is 9.95. The summed E-state index contributed by atoms with van der Waals surface area (Å²) in [5, 5.41) is 3.16. The molecule has 0 saturated heterocycles. The number of carbonyl (C=O) groups excluding carboxylic acids is 2. The lowest BCUT2D eigenvalue weighted by Crippen LogP contribution is -2.20. The Morgan fingerprint density at radius 3 is 2.52 bits per heavy atom. The molecule has 0 radical (unpaired) electrons. The minimum atomic E-state index is -0.603. The molecular weight excluding hydrogens is 292 g/mol. The fourth-order valence-electron chi connectivity index (χ4n) is 1.61. The Hall–Kier alpha value is -2.53. The van der Waals surface area contributed by atoms with Gasteiger partial charge in [0.2, 0.25) is 0 Å². The zero-order valence-electron chi connectivity index (χ0n) is 11.0. The Labute approximate surface area is 126 Å². The summed E-state index contributed by atoms with van der Waals surface area (Å²) in [6, 6.07) is 12.9. The number of carbonyl (C=O) groups is 2. The molecule has 0 unspecified atom stereocenters. The lowest BCUT2D eigenvalue weighted by atomic mass is 10.2. The summed E-state index contributed by atoms with van der Waals surface area (Å²) in [6.07, 6.45) is 0. The molecule has 0 fully saturated rings. The number of hydrogen-bond acceptors (Lipinski definition) is 4. The van der Waals surface area contributed by atoms with Crippen LogP contribution in [-0.4, -0.2) is 18.5 Å². The van der Waals surface area contributed by atoms with Crippen molar-refractivity contribution in [3.8, 4) is 0 Å². The number of halogens is 1. The van der Waals surface area contributed by atoms with E-state index in [0.29, 0.717) is 22.0 Å². The first-order valence-electron chi connectivity index (χ1n) is 6.12. The molecule has 0 spiro atoms. The van der Waals surface area contributed by atoms with Gasteiger partial charge in [0, 0.05) is 16.4 Å². The van der Waals surface area contributed by atoms with Crippen LogP contribution in [0.2, 0.25) is 5.02 Å². The standard InChI is InChI=1S/C15H13ClN2O3/c16-11-4-6-13(7-5-11)18-14(19)9-21-15(20)10-2-1-3-12(17)8-10/h1-8H,9,17H2,(H,18,19). The third-order valence-electron chi connectivity index (χ3n) is 2.58. The van der Waals surface area contributed by atoms with Gasteiger partial charge >= 0.3 is 5.97 Å². The van der Waals surface area contributed by atoms with Crippen molar-refractivity contribution in [2.45, 2.75) is 0 Å². The van der Waals surface area contributed by atoms with Crippen LogP contribution in [-0.2, 0) is 9.53 Å². The van der Waals surface area contributed by atoms with Crippen molar-refractivity contribution < 1.29 is 14.3 Å². The molecule has 2 aromatic rings. The topological polar surface area (TPSA) is 81.4 Å². The van der Waals surface area contributed by atoms with Crippen molar-refractivity contribution in [3.63, 3.8) is 0 Å². The van der Waals surface area contributed by atoms with Gasteiger partial charge in [-0.2, -0.15) is 0 Å². The Balaban J connectivity index is 1.86. The average Bonchev–Trinajstić information content (AvgIpc) is 2.47. The van der Waals surface area contributed by atoms with Crippen LogP contribution in [0.5, 0.6) is 0 Å². The predicted octanol–water partition coefficient (Wildman–Crippen LogP) is 2.72. The Morgan fingerprint density at radius 2 is 1.86 bits per heavy atom. The molecule has 0 heterocycles. The van der Waals surface area contributed by atoms with Crippen LogP contribution in [0.15, 0.2) is 48.5 Å². The van der Waals surface area contributed by atoms with Gasteiger partial charge in [-0.15, -0.1) is 0 Å². The molecule has 2 aromatic carbocycles. The van der Waals surface area contributed by atoms with Gasteiger partial charge in [-0.25, -0.2) is 4.79 Å². The maximum atomic E-state index is 11.7. The van der Waals surface area contributed by atoms with Gasteiger partial charge in [0.1, 0.15) is 0 Å². The average molecular weight is 305 g/mol. The summed E-state index contributed by atoms with van der Waals surface area (Å²) in [4.78, 5) is 23.4. The van der Waals surface area contributed by atoms with E-state index in [-0.39, 0.29) is 6.61 Å². The molecule has 21 heavy (non-hydrogen) atoms. The SMILES string of the molecule is Nc1cccc(C(=O)OCC(=O)Nc2ccc(Cl)cc2)c1. The number of ether oxygens (including phenoxy) is 1. The summed E-state index contributed by atoms with van der Waals surface area (Å²) in [5.74, 6) is -1.04. The second-order valence-corrected chi connectivity index (χ2v) is 4.69. The highest BCUT2D eigenvalue weighted by molar-refractivity contribution is 6.30. The number of amides is 1. The number of benzene rings is 2. The van der Waals surface area contributed by atoms with Crippen molar-refractivity contribution in [3.05, 3.63) is 59.1 Å². The molecule has 5 nitrogen and oxygen atoms in total. The van der Waals surface area contributed by atoms with Crippen molar-refractivity contribution in [2.75, 3.05) is 17.7 Å². The molecule has 0 saturated carbocycles. The molecule has 0 aliphatic rings. The van der Waals surface area contributed by atoms with Gasteiger partial charge < -0.3 is 15.8 Å². The van der Waals surface area contributed by atoms with E-state index < -0.39 is 11.9 Å². The maximum Gasteiger partial charge on any atom is 0.338 e. The minimum absolute atomic E-state index is 0.300. The monoisotopic (exact) mass is 304 g/mol. The number of rotatable bonds is 4. The second-order valence-electron chi connectivity index (χ2n) is 4.26. The zero-order chi connectivity index (χ0) is 15.2. The molecular formula is C15H13ClN2O3. The molecule has 108 valence electrons. The molecule has 0 aliphatic heterocycles. The van der Waals surface area contributed by atoms with Crippen molar-refractivity contribution in [1.29, 1.82) is 0 Å². The molecule has 0 atom stereocenters. The van der Waals surface area contributed by atoms with Crippen LogP contribution >= 0.6 is 11.6 Å². The molecule has 6 heteroatoms. The van der Waals surface area contributed by atoms with E-state index >= 15 is 0 Å². The quantitative estimate of drug-likeness (QED) is 0.672. The summed E-state index contributed by atoms with van der Waals surface area (Å²) in [7, 11) is 0. The van der Waals surface area contributed by atoms with E-state index in [4.69, 9.17) is 22.1 Å². The van der Waals surface area contributed by atoms with Gasteiger partial charge in [-0.05, 0) is 42.5 Å². The number of hydrogen-bond donors (Lipinski definition) is 2. The first-order valence-corrected chi connectivity index (χ1v) is 6.50. The van der Waals surface area contributed by atoms with Gasteiger partial charge in [-0.1, -0.05) is 17.7 Å². The van der Waals surface area contributed by atoms with E-state index in [9.17, 15) is 9.59 Å². The second kappa shape index (κ2) is 6.76. The number of esters is 1. The van der Waals surface area contributed by atoms with E-state index in [2.05, 4.69) is 5.32 Å². The number of anilines is 2. The zero-order valence-corrected chi connectivity index (χ0v) is 11.8. The molecule has 3 N–H and O–H groups in total. The maximum absolute atomic E-state index is 11.7. The van der Waals surface area contributed by atoms with Crippen LogP contribution in [0.25, 0.3) is 0 Å². The minimum Gasteiger partial charge on any atom is -0.452 e. The largest absolute Gasteiger partial charge is 0.452 e. The highest BCUT2D eigenvalue weighted by Gasteiger charge is 2.10. The fourth-order valence-corrected chi connectivity index (χ4v) is 1.74. The highest BCUT2D eigenvalue weighted by atomic mass is 35.5. The van der Waals surface area contributed by atoms with Crippen molar-refractivity contribution in [1.82, 2.24) is 0 Å². The van der Waals surface area contributed by atoms with E-state index in [0.717, 1.165) is 0 Å². The smallest absolute Gasteiger partial charge is 0.338 e. The van der Waals surface area contributed by atoms with Gasteiger partial charge in [0.25, 0.3) is 5.91 Å². The molecule has 2 rings (SSSR count). The van der Waals surface area contributed by atoms with Crippen molar-refractivity contribution >= 4 is 34.9 Å². The summed E-state index contributed by atoms with van der Waals surface area (Å²) < 4.78 is 4.91. The van der Waals surface area contributed by atoms with Crippen molar-refractivity contribution in [2.24, 2.45) is 0 Å². The highest BCUT2D eigenvalue weighted by Crippen LogP contribution is 2.13. The lowest BCUT2D eigenvalue weighted by molar-refractivity contribution is -0.119. The summed E-state index contributed by atoms with van der Waals surface area (Å²) >= 11 is 5.74.